The number of aryl methyl sites for hydroxylation is 1. The number of benzene rings is 1. The fourth-order valence-corrected chi connectivity index (χ4v) is 2.69. The summed E-state index contributed by atoms with van der Waals surface area (Å²) in [7, 11) is -3.32. The molecule has 2 amide bonds. The highest BCUT2D eigenvalue weighted by atomic mass is 32.2. The molecule has 0 aliphatic heterocycles. The van der Waals surface area contributed by atoms with Crippen molar-refractivity contribution in [3.05, 3.63) is 36.4 Å². The SMILES string of the molecule is C=CC[C@H](CC)NC(=O)Nc1ccc(NS(=O)(=O)CC)c(C)c1. The van der Waals surface area contributed by atoms with E-state index in [2.05, 4.69) is 21.9 Å². The molecule has 6 nitrogen and oxygen atoms in total. The maximum absolute atomic E-state index is 12.0. The molecule has 1 atom stereocenters. The van der Waals surface area contributed by atoms with Gasteiger partial charge in [-0.1, -0.05) is 13.0 Å². The molecule has 1 aromatic carbocycles. The van der Waals surface area contributed by atoms with Gasteiger partial charge in [-0.15, -0.1) is 6.58 Å². The molecule has 0 aromatic heterocycles. The van der Waals surface area contributed by atoms with E-state index in [4.69, 9.17) is 0 Å². The summed E-state index contributed by atoms with van der Waals surface area (Å²) in [6.45, 7) is 9.02. The monoisotopic (exact) mass is 339 g/mol. The molecule has 0 saturated heterocycles. The Morgan fingerprint density at radius 3 is 2.57 bits per heavy atom. The van der Waals surface area contributed by atoms with Gasteiger partial charge in [0.2, 0.25) is 10.0 Å². The van der Waals surface area contributed by atoms with Crippen molar-refractivity contribution in [3.63, 3.8) is 0 Å². The number of hydrogen-bond acceptors (Lipinski definition) is 3. The normalized spacial score (nSPS) is 12.3. The maximum atomic E-state index is 12.0. The van der Waals surface area contributed by atoms with Crippen LogP contribution < -0.4 is 15.4 Å². The molecule has 0 unspecified atom stereocenters. The zero-order chi connectivity index (χ0) is 17.5. The Bertz CT molecular complexity index is 657. The first kappa shape index (κ1) is 19.0. The fraction of sp³-hybridized carbons (Fsp3) is 0.438. The van der Waals surface area contributed by atoms with Crippen molar-refractivity contribution in [1.82, 2.24) is 5.32 Å². The van der Waals surface area contributed by atoms with Crippen LogP contribution in [0.3, 0.4) is 0 Å². The van der Waals surface area contributed by atoms with Crippen LogP contribution in [0.2, 0.25) is 0 Å². The van der Waals surface area contributed by atoms with Crippen LogP contribution in [0, 0.1) is 6.92 Å². The van der Waals surface area contributed by atoms with Crippen LogP contribution >= 0.6 is 0 Å². The number of urea groups is 1. The first-order valence-electron chi connectivity index (χ1n) is 7.60. The zero-order valence-corrected chi connectivity index (χ0v) is 14.7. The van der Waals surface area contributed by atoms with Gasteiger partial charge in [-0.05, 0) is 50.5 Å². The Morgan fingerprint density at radius 1 is 1.35 bits per heavy atom. The number of carbonyl (C=O) groups is 1. The van der Waals surface area contributed by atoms with Gasteiger partial charge in [0.1, 0.15) is 0 Å². The smallest absolute Gasteiger partial charge is 0.319 e. The van der Waals surface area contributed by atoms with E-state index in [1.54, 1.807) is 38.1 Å². The average molecular weight is 339 g/mol. The largest absolute Gasteiger partial charge is 0.335 e. The molecule has 0 radical (unpaired) electrons. The van der Waals surface area contributed by atoms with Crippen molar-refractivity contribution < 1.29 is 13.2 Å². The predicted molar refractivity (Wildman–Crippen MR) is 95.3 cm³/mol. The Kier molecular flexibility index (Phi) is 7.09. The number of carbonyl (C=O) groups excluding carboxylic acids is 1. The van der Waals surface area contributed by atoms with Gasteiger partial charge < -0.3 is 10.6 Å². The maximum Gasteiger partial charge on any atom is 0.319 e. The Morgan fingerprint density at radius 2 is 2.04 bits per heavy atom. The summed E-state index contributed by atoms with van der Waals surface area (Å²) in [4.78, 5) is 12.0. The van der Waals surface area contributed by atoms with Crippen molar-refractivity contribution in [2.75, 3.05) is 15.8 Å². The van der Waals surface area contributed by atoms with Crippen LogP contribution in [0.15, 0.2) is 30.9 Å². The van der Waals surface area contributed by atoms with Gasteiger partial charge in [0.25, 0.3) is 0 Å². The third kappa shape index (κ3) is 6.32. The van der Waals surface area contributed by atoms with Gasteiger partial charge >= 0.3 is 6.03 Å². The predicted octanol–water partition coefficient (Wildman–Crippen LogP) is 3.23. The van der Waals surface area contributed by atoms with Crippen LogP contribution in [0.5, 0.6) is 0 Å². The third-order valence-corrected chi connectivity index (χ3v) is 4.70. The molecular weight excluding hydrogens is 314 g/mol. The molecule has 0 fully saturated rings. The molecule has 0 heterocycles. The number of nitrogens with one attached hydrogen (secondary N) is 3. The lowest BCUT2D eigenvalue weighted by atomic mass is 10.1. The Labute approximate surface area is 138 Å². The zero-order valence-electron chi connectivity index (χ0n) is 13.8. The summed E-state index contributed by atoms with van der Waals surface area (Å²) >= 11 is 0. The van der Waals surface area contributed by atoms with E-state index in [-0.39, 0.29) is 17.8 Å². The molecule has 23 heavy (non-hydrogen) atoms. The third-order valence-electron chi connectivity index (χ3n) is 3.41. The number of rotatable bonds is 8. The molecule has 1 rings (SSSR count). The van der Waals surface area contributed by atoms with E-state index in [1.807, 2.05) is 6.92 Å². The highest BCUT2D eigenvalue weighted by Crippen LogP contribution is 2.20. The number of anilines is 2. The minimum Gasteiger partial charge on any atom is -0.335 e. The van der Waals surface area contributed by atoms with Crippen LogP contribution in [-0.4, -0.2) is 26.2 Å². The van der Waals surface area contributed by atoms with E-state index >= 15 is 0 Å². The summed E-state index contributed by atoms with van der Waals surface area (Å²) in [5.74, 6) is 0.0105. The second-order valence-electron chi connectivity index (χ2n) is 5.26. The van der Waals surface area contributed by atoms with Crippen LogP contribution in [-0.2, 0) is 10.0 Å². The van der Waals surface area contributed by atoms with Gasteiger partial charge in [-0.2, -0.15) is 0 Å². The van der Waals surface area contributed by atoms with Crippen LogP contribution in [0.25, 0.3) is 0 Å². The lowest BCUT2D eigenvalue weighted by Crippen LogP contribution is -2.37. The molecular formula is C16H25N3O3S. The molecule has 128 valence electrons. The average Bonchev–Trinajstić information content (AvgIpc) is 2.49. The van der Waals surface area contributed by atoms with Crippen molar-refractivity contribution in [2.24, 2.45) is 0 Å². The van der Waals surface area contributed by atoms with Gasteiger partial charge in [0.15, 0.2) is 0 Å². The van der Waals surface area contributed by atoms with Crippen molar-refractivity contribution in [2.45, 2.75) is 39.7 Å². The van der Waals surface area contributed by atoms with E-state index in [9.17, 15) is 13.2 Å². The van der Waals surface area contributed by atoms with E-state index in [0.29, 0.717) is 17.8 Å². The molecule has 0 bridgehead atoms. The van der Waals surface area contributed by atoms with Crippen LogP contribution in [0.4, 0.5) is 16.2 Å². The van der Waals surface area contributed by atoms with E-state index in [0.717, 1.165) is 12.0 Å². The Balaban J connectivity index is 2.74. The second kappa shape index (κ2) is 8.57. The number of sulfonamides is 1. The second-order valence-corrected chi connectivity index (χ2v) is 7.27. The summed E-state index contributed by atoms with van der Waals surface area (Å²) in [5.41, 5.74) is 1.85. The van der Waals surface area contributed by atoms with Crippen molar-refractivity contribution >= 4 is 27.4 Å². The van der Waals surface area contributed by atoms with Crippen molar-refractivity contribution in [3.8, 4) is 0 Å². The summed E-state index contributed by atoms with van der Waals surface area (Å²) in [6, 6.07) is 4.78. The molecule has 7 heteroatoms. The molecule has 0 saturated carbocycles. The molecule has 1 aromatic rings. The first-order chi connectivity index (χ1) is 10.8. The highest BCUT2D eigenvalue weighted by molar-refractivity contribution is 7.92. The summed E-state index contributed by atoms with van der Waals surface area (Å²) in [6.07, 6.45) is 3.30. The Hall–Kier alpha value is -2.02. The van der Waals surface area contributed by atoms with Crippen LogP contribution in [0.1, 0.15) is 32.3 Å². The molecule has 3 N–H and O–H groups in total. The topological polar surface area (TPSA) is 87.3 Å². The van der Waals surface area contributed by atoms with Gasteiger partial charge in [-0.3, -0.25) is 4.72 Å². The lowest BCUT2D eigenvalue weighted by molar-refractivity contribution is 0.248. The number of amides is 2. The van der Waals surface area contributed by atoms with Gasteiger partial charge in [-0.25, -0.2) is 13.2 Å². The first-order valence-corrected chi connectivity index (χ1v) is 9.26. The minimum atomic E-state index is -3.32. The highest BCUT2D eigenvalue weighted by Gasteiger charge is 2.11. The minimum absolute atomic E-state index is 0.0105. The number of hydrogen-bond donors (Lipinski definition) is 3. The fourth-order valence-electron chi connectivity index (χ4n) is 1.98. The molecule has 0 aliphatic carbocycles. The van der Waals surface area contributed by atoms with Crippen molar-refractivity contribution in [1.29, 1.82) is 0 Å². The van der Waals surface area contributed by atoms with E-state index < -0.39 is 10.0 Å². The molecule has 0 spiro atoms. The quantitative estimate of drug-likeness (QED) is 0.635. The van der Waals surface area contributed by atoms with Gasteiger partial charge in [0.05, 0.1) is 11.4 Å². The standard InChI is InChI=1S/C16H25N3O3S/c1-5-8-13(6-2)17-16(20)18-14-9-10-15(12(4)11-14)19-23(21,22)7-3/h5,9-11,13,19H,1,6-8H2,2-4H3,(H2,17,18,20)/t13-/m0/s1. The lowest BCUT2D eigenvalue weighted by Gasteiger charge is -2.16. The van der Waals surface area contributed by atoms with E-state index in [1.165, 1.54) is 0 Å². The van der Waals surface area contributed by atoms with Gasteiger partial charge in [0, 0.05) is 11.7 Å². The summed E-state index contributed by atoms with van der Waals surface area (Å²) < 4.78 is 25.7. The molecule has 0 aliphatic rings. The summed E-state index contributed by atoms with van der Waals surface area (Å²) in [5, 5.41) is 5.61.